The van der Waals surface area contributed by atoms with E-state index in [1.54, 1.807) is 0 Å². The number of unbranched alkanes of at least 4 members (excludes halogenated alkanes) is 8. The fourth-order valence-corrected chi connectivity index (χ4v) is 2.71. The number of hydrogen-bond acceptors (Lipinski definition) is 5. The first-order chi connectivity index (χ1) is 13.7. The molecular weight excluding hydrogens is 356 g/mol. The Kier molecular flexibility index (Phi) is 22.1. The summed E-state index contributed by atoms with van der Waals surface area (Å²) in [5.41, 5.74) is 0. The lowest BCUT2D eigenvalue weighted by Gasteiger charge is -2.08. The lowest BCUT2D eigenvalue weighted by Crippen LogP contribution is -2.12. The number of esters is 1. The highest BCUT2D eigenvalue weighted by molar-refractivity contribution is 5.69. The molecule has 0 aliphatic carbocycles. The van der Waals surface area contributed by atoms with E-state index >= 15 is 0 Å². The smallest absolute Gasteiger partial charge is 0.305 e. The van der Waals surface area contributed by atoms with Crippen molar-refractivity contribution in [2.75, 3.05) is 46.2 Å². The zero-order valence-corrected chi connectivity index (χ0v) is 18.8. The number of ether oxygens (including phenoxy) is 4. The first-order valence-corrected chi connectivity index (χ1v) is 11.6. The van der Waals surface area contributed by atoms with Gasteiger partial charge < -0.3 is 18.9 Å². The Morgan fingerprint density at radius 3 is 1.64 bits per heavy atom. The summed E-state index contributed by atoms with van der Waals surface area (Å²) < 4.78 is 21.6. The third-order valence-corrected chi connectivity index (χ3v) is 4.38. The SMILES string of the molecule is CCCCCCCCCCCOCCOCCOCCCC(=O)OCC(C)C. The van der Waals surface area contributed by atoms with E-state index in [1.165, 1.54) is 51.4 Å². The van der Waals surface area contributed by atoms with Gasteiger partial charge in [-0.15, -0.1) is 0 Å². The fourth-order valence-electron chi connectivity index (χ4n) is 2.71. The van der Waals surface area contributed by atoms with Crippen LogP contribution in [0.5, 0.6) is 0 Å². The molecular formula is C23H46O5. The highest BCUT2D eigenvalue weighted by Gasteiger charge is 2.04. The summed E-state index contributed by atoms with van der Waals surface area (Å²) in [5, 5.41) is 0. The van der Waals surface area contributed by atoms with Crippen molar-refractivity contribution in [3.05, 3.63) is 0 Å². The van der Waals surface area contributed by atoms with Crippen molar-refractivity contribution in [3.8, 4) is 0 Å². The zero-order chi connectivity index (χ0) is 20.7. The van der Waals surface area contributed by atoms with Crippen molar-refractivity contribution in [1.29, 1.82) is 0 Å². The molecule has 0 aromatic carbocycles. The van der Waals surface area contributed by atoms with Crippen molar-refractivity contribution in [2.24, 2.45) is 5.92 Å². The van der Waals surface area contributed by atoms with Crippen LogP contribution in [0.4, 0.5) is 0 Å². The third kappa shape index (κ3) is 23.4. The molecule has 0 aliphatic rings. The molecule has 5 nitrogen and oxygen atoms in total. The van der Waals surface area contributed by atoms with E-state index in [1.807, 2.05) is 13.8 Å². The minimum absolute atomic E-state index is 0.141. The molecule has 5 heteroatoms. The van der Waals surface area contributed by atoms with E-state index in [0.29, 0.717) is 58.4 Å². The van der Waals surface area contributed by atoms with Crippen LogP contribution in [-0.2, 0) is 23.7 Å². The molecule has 0 saturated heterocycles. The number of rotatable bonds is 22. The second-order valence-corrected chi connectivity index (χ2v) is 7.85. The topological polar surface area (TPSA) is 54.0 Å². The van der Waals surface area contributed by atoms with E-state index in [2.05, 4.69) is 6.92 Å². The summed E-state index contributed by atoms with van der Waals surface area (Å²) in [6.07, 6.45) is 13.1. The quantitative estimate of drug-likeness (QED) is 0.176. The Morgan fingerprint density at radius 1 is 0.643 bits per heavy atom. The Hall–Kier alpha value is -0.650. The van der Waals surface area contributed by atoms with Crippen LogP contribution in [0.25, 0.3) is 0 Å². The molecule has 0 N–H and O–H groups in total. The molecule has 0 atom stereocenters. The molecule has 0 aromatic rings. The lowest BCUT2D eigenvalue weighted by molar-refractivity contribution is -0.145. The Bertz CT molecular complexity index is 320. The standard InChI is InChI=1S/C23H46O5/c1-4-5-6-7-8-9-10-11-12-15-25-17-19-27-20-18-26-16-13-14-23(24)28-21-22(2)3/h22H,4-21H2,1-3H3. The maximum absolute atomic E-state index is 11.4. The van der Waals surface area contributed by atoms with Gasteiger partial charge in [0.2, 0.25) is 0 Å². The molecule has 0 aliphatic heterocycles. The van der Waals surface area contributed by atoms with Gasteiger partial charge in [-0.2, -0.15) is 0 Å². The minimum atomic E-state index is -0.141. The highest BCUT2D eigenvalue weighted by Crippen LogP contribution is 2.09. The van der Waals surface area contributed by atoms with Gasteiger partial charge >= 0.3 is 5.97 Å². The van der Waals surface area contributed by atoms with Crippen LogP contribution in [0.1, 0.15) is 91.4 Å². The molecule has 0 bridgehead atoms. The maximum Gasteiger partial charge on any atom is 0.305 e. The molecule has 0 spiro atoms. The predicted octanol–water partition coefficient (Wildman–Crippen LogP) is 5.55. The first kappa shape index (κ1) is 27.4. The lowest BCUT2D eigenvalue weighted by atomic mass is 10.1. The van der Waals surface area contributed by atoms with Crippen LogP contribution < -0.4 is 0 Å². The van der Waals surface area contributed by atoms with Gasteiger partial charge in [-0.1, -0.05) is 72.1 Å². The van der Waals surface area contributed by atoms with E-state index in [4.69, 9.17) is 18.9 Å². The Balaban J connectivity index is 3.07. The number of carbonyl (C=O) groups is 1. The van der Waals surface area contributed by atoms with Gasteiger partial charge in [0, 0.05) is 19.6 Å². The van der Waals surface area contributed by atoms with Crippen molar-refractivity contribution in [3.63, 3.8) is 0 Å². The van der Waals surface area contributed by atoms with Crippen molar-refractivity contribution in [2.45, 2.75) is 91.4 Å². The van der Waals surface area contributed by atoms with Gasteiger partial charge in [0.15, 0.2) is 0 Å². The van der Waals surface area contributed by atoms with E-state index in [0.717, 1.165) is 13.0 Å². The summed E-state index contributed by atoms with van der Waals surface area (Å²) in [6, 6.07) is 0. The summed E-state index contributed by atoms with van der Waals surface area (Å²) >= 11 is 0. The molecule has 0 radical (unpaired) electrons. The van der Waals surface area contributed by atoms with Crippen LogP contribution in [0.2, 0.25) is 0 Å². The zero-order valence-electron chi connectivity index (χ0n) is 18.8. The fraction of sp³-hybridized carbons (Fsp3) is 0.957. The van der Waals surface area contributed by atoms with Gasteiger partial charge in [0.1, 0.15) is 0 Å². The van der Waals surface area contributed by atoms with Crippen LogP contribution >= 0.6 is 0 Å². The van der Waals surface area contributed by atoms with Crippen LogP contribution in [-0.4, -0.2) is 52.2 Å². The normalized spacial score (nSPS) is 11.3. The molecule has 0 unspecified atom stereocenters. The largest absolute Gasteiger partial charge is 0.465 e. The molecule has 0 rings (SSSR count). The highest BCUT2D eigenvalue weighted by atomic mass is 16.5. The van der Waals surface area contributed by atoms with Crippen LogP contribution in [0.3, 0.4) is 0 Å². The molecule has 168 valence electrons. The van der Waals surface area contributed by atoms with Gasteiger partial charge in [0.25, 0.3) is 0 Å². The summed E-state index contributed by atoms with van der Waals surface area (Å²) in [7, 11) is 0. The molecule has 0 aromatic heterocycles. The van der Waals surface area contributed by atoms with Gasteiger partial charge in [-0.05, 0) is 18.8 Å². The Labute approximate surface area is 173 Å². The first-order valence-electron chi connectivity index (χ1n) is 11.6. The molecule has 0 heterocycles. The molecule has 0 saturated carbocycles. The number of carbonyl (C=O) groups excluding carboxylic acids is 1. The maximum atomic E-state index is 11.4. The average molecular weight is 403 g/mol. The Morgan fingerprint density at radius 2 is 1.11 bits per heavy atom. The van der Waals surface area contributed by atoms with Gasteiger partial charge in [-0.3, -0.25) is 4.79 Å². The van der Waals surface area contributed by atoms with Crippen molar-refractivity contribution < 1.29 is 23.7 Å². The number of hydrogen-bond donors (Lipinski definition) is 0. The summed E-state index contributed by atoms with van der Waals surface area (Å²) in [6.45, 7) is 10.6. The summed E-state index contributed by atoms with van der Waals surface area (Å²) in [4.78, 5) is 11.4. The summed E-state index contributed by atoms with van der Waals surface area (Å²) in [5.74, 6) is 0.240. The van der Waals surface area contributed by atoms with Crippen LogP contribution in [0.15, 0.2) is 0 Å². The van der Waals surface area contributed by atoms with Gasteiger partial charge in [-0.25, -0.2) is 0 Å². The predicted molar refractivity (Wildman–Crippen MR) is 115 cm³/mol. The van der Waals surface area contributed by atoms with Crippen LogP contribution in [0, 0.1) is 5.92 Å². The van der Waals surface area contributed by atoms with Crippen molar-refractivity contribution in [1.82, 2.24) is 0 Å². The minimum Gasteiger partial charge on any atom is -0.465 e. The molecule has 28 heavy (non-hydrogen) atoms. The van der Waals surface area contributed by atoms with E-state index in [-0.39, 0.29) is 5.97 Å². The second-order valence-electron chi connectivity index (χ2n) is 7.85. The van der Waals surface area contributed by atoms with E-state index in [9.17, 15) is 4.79 Å². The third-order valence-electron chi connectivity index (χ3n) is 4.38. The van der Waals surface area contributed by atoms with E-state index < -0.39 is 0 Å². The average Bonchev–Trinajstić information content (AvgIpc) is 2.68. The molecule has 0 fully saturated rings. The second kappa shape index (κ2) is 22.6. The molecule has 0 amide bonds. The van der Waals surface area contributed by atoms with Crippen molar-refractivity contribution >= 4 is 5.97 Å². The van der Waals surface area contributed by atoms with Gasteiger partial charge in [0.05, 0.1) is 33.0 Å². The monoisotopic (exact) mass is 402 g/mol.